The maximum atomic E-state index is 12.3. The van der Waals surface area contributed by atoms with E-state index in [1.807, 2.05) is 25.1 Å². The number of hydrogen-bond donors (Lipinski definition) is 0. The molecule has 2 aliphatic rings. The normalized spacial score (nSPS) is 27.5. The number of thiazole rings is 1. The van der Waals surface area contributed by atoms with E-state index in [1.165, 1.54) is 11.3 Å². The zero-order valence-electron chi connectivity index (χ0n) is 11.4. The monoisotopic (exact) mass is 322 g/mol. The van der Waals surface area contributed by atoms with Crippen molar-refractivity contribution in [2.75, 3.05) is 16.4 Å². The number of aromatic nitrogens is 1. The standard InChI is InChI=1S/C14H14N2O3S2/c1-8-3-2-4-11-13(8)15-14(20-11)16-10-7-21(18,19)6-9(10)5-12(16)17/h2-4,9-10H,5-7H2,1H3/t9-,10+/m0/s1. The molecule has 1 aromatic carbocycles. The molecule has 2 aromatic rings. The van der Waals surface area contributed by atoms with Crippen molar-refractivity contribution in [3.05, 3.63) is 23.8 Å². The SMILES string of the molecule is Cc1cccc2sc(N3C(=O)C[C@H]4CS(=O)(=O)C[C@H]43)nc12. The van der Waals surface area contributed by atoms with Crippen LogP contribution in [0.25, 0.3) is 10.2 Å². The molecule has 1 amide bonds. The van der Waals surface area contributed by atoms with Crippen LogP contribution in [0.15, 0.2) is 18.2 Å². The summed E-state index contributed by atoms with van der Waals surface area (Å²) in [6.07, 6.45) is 0.318. The molecule has 3 heterocycles. The summed E-state index contributed by atoms with van der Waals surface area (Å²) < 4.78 is 24.6. The lowest BCUT2D eigenvalue weighted by atomic mass is 10.1. The molecule has 2 atom stereocenters. The molecular weight excluding hydrogens is 308 g/mol. The predicted molar refractivity (Wildman–Crippen MR) is 82.4 cm³/mol. The first-order valence-electron chi connectivity index (χ1n) is 6.83. The van der Waals surface area contributed by atoms with E-state index in [-0.39, 0.29) is 29.4 Å². The van der Waals surface area contributed by atoms with Crippen molar-refractivity contribution in [2.24, 2.45) is 5.92 Å². The molecule has 4 rings (SSSR count). The highest BCUT2D eigenvalue weighted by molar-refractivity contribution is 7.91. The minimum Gasteiger partial charge on any atom is -0.284 e. The fourth-order valence-corrected chi connectivity index (χ4v) is 6.50. The number of amides is 1. The molecule has 0 aliphatic carbocycles. The molecule has 7 heteroatoms. The molecule has 110 valence electrons. The third-order valence-corrected chi connectivity index (χ3v) is 7.09. The maximum Gasteiger partial charge on any atom is 0.229 e. The van der Waals surface area contributed by atoms with Gasteiger partial charge < -0.3 is 0 Å². The number of carbonyl (C=O) groups is 1. The van der Waals surface area contributed by atoms with Crippen LogP contribution in [-0.2, 0) is 14.6 Å². The Morgan fingerprint density at radius 1 is 1.33 bits per heavy atom. The number of sulfone groups is 1. The zero-order valence-corrected chi connectivity index (χ0v) is 13.1. The van der Waals surface area contributed by atoms with Crippen LogP contribution in [-0.4, -0.2) is 36.9 Å². The van der Waals surface area contributed by atoms with Gasteiger partial charge >= 0.3 is 0 Å². The van der Waals surface area contributed by atoms with Gasteiger partial charge in [0.05, 0.1) is 27.8 Å². The van der Waals surface area contributed by atoms with E-state index in [0.29, 0.717) is 11.6 Å². The number of anilines is 1. The van der Waals surface area contributed by atoms with Crippen LogP contribution in [0.3, 0.4) is 0 Å². The number of hydrogen-bond acceptors (Lipinski definition) is 5. The highest BCUT2D eigenvalue weighted by atomic mass is 32.2. The van der Waals surface area contributed by atoms with Gasteiger partial charge in [-0.2, -0.15) is 0 Å². The quantitative estimate of drug-likeness (QED) is 0.802. The second kappa shape index (κ2) is 4.27. The summed E-state index contributed by atoms with van der Waals surface area (Å²) in [6, 6.07) is 5.70. The molecule has 0 spiro atoms. The first-order chi connectivity index (χ1) is 9.94. The average Bonchev–Trinajstić information content (AvgIpc) is 2.99. The second-order valence-corrected chi connectivity index (χ2v) is 8.95. The summed E-state index contributed by atoms with van der Waals surface area (Å²) >= 11 is 1.46. The molecule has 5 nitrogen and oxygen atoms in total. The van der Waals surface area contributed by atoms with Gasteiger partial charge in [0.25, 0.3) is 0 Å². The molecule has 1 aromatic heterocycles. The van der Waals surface area contributed by atoms with Crippen LogP contribution in [0.4, 0.5) is 5.13 Å². The van der Waals surface area contributed by atoms with Crippen LogP contribution >= 0.6 is 11.3 Å². The van der Waals surface area contributed by atoms with Crippen molar-refractivity contribution < 1.29 is 13.2 Å². The minimum atomic E-state index is -3.03. The first kappa shape index (κ1) is 13.2. The van der Waals surface area contributed by atoms with Gasteiger partial charge in [0.1, 0.15) is 0 Å². The Kier molecular flexibility index (Phi) is 2.68. The van der Waals surface area contributed by atoms with Crippen molar-refractivity contribution in [2.45, 2.75) is 19.4 Å². The Balaban J connectivity index is 1.80. The van der Waals surface area contributed by atoms with Crippen molar-refractivity contribution in [1.82, 2.24) is 4.98 Å². The number of fused-ring (bicyclic) bond motifs is 2. The average molecular weight is 322 g/mol. The van der Waals surface area contributed by atoms with E-state index in [9.17, 15) is 13.2 Å². The predicted octanol–water partition coefficient (Wildman–Crippen LogP) is 1.75. The molecule has 2 aliphatic heterocycles. The zero-order chi connectivity index (χ0) is 14.8. The van der Waals surface area contributed by atoms with E-state index in [1.54, 1.807) is 4.90 Å². The summed E-state index contributed by atoms with van der Waals surface area (Å²) in [7, 11) is -3.03. The fourth-order valence-electron chi connectivity index (χ4n) is 3.32. The molecule has 2 fully saturated rings. The van der Waals surface area contributed by atoms with Gasteiger partial charge in [-0.1, -0.05) is 23.5 Å². The third kappa shape index (κ3) is 1.98. The molecule has 21 heavy (non-hydrogen) atoms. The summed E-state index contributed by atoms with van der Waals surface area (Å²) in [5.74, 6) is 0.120. The highest BCUT2D eigenvalue weighted by Gasteiger charge is 2.50. The minimum absolute atomic E-state index is 0.00314. The molecule has 0 saturated carbocycles. The number of carbonyl (C=O) groups excluding carboxylic acids is 1. The lowest BCUT2D eigenvalue weighted by molar-refractivity contribution is -0.117. The van der Waals surface area contributed by atoms with Gasteiger partial charge in [-0.3, -0.25) is 9.69 Å². The number of rotatable bonds is 1. The van der Waals surface area contributed by atoms with Gasteiger partial charge in [0.15, 0.2) is 15.0 Å². The van der Waals surface area contributed by atoms with E-state index >= 15 is 0 Å². The third-order valence-electron chi connectivity index (χ3n) is 4.29. The molecule has 0 N–H and O–H groups in total. The van der Waals surface area contributed by atoms with Crippen LogP contribution in [0.2, 0.25) is 0 Å². The number of para-hydroxylation sites is 1. The second-order valence-electron chi connectivity index (χ2n) is 5.79. The molecule has 0 radical (unpaired) electrons. The molecule has 0 bridgehead atoms. The Hall–Kier alpha value is -1.47. The van der Waals surface area contributed by atoms with Gasteiger partial charge in [-0.25, -0.2) is 13.4 Å². The van der Waals surface area contributed by atoms with E-state index in [4.69, 9.17) is 0 Å². The van der Waals surface area contributed by atoms with Gasteiger partial charge in [0.2, 0.25) is 5.91 Å². The van der Waals surface area contributed by atoms with E-state index in [0.717, 1.165) is 15.8 Å². The number of aryl methyl sites for hydroxylation is 1. The maximum absolute atomic E-state index is 12.3. The van der Waals surface area contributed by atoms with Crippen LogP contribution in [0, 0.1) is 12.8 Å². The van der Waals surface area contributed by atoms with Crippen LogP contribution in [0.1, 0.15) is 12.0 Å². The fraction of sp³-hybridized carbons (Fsp3) is 0.429. The molecular formula is C14H14N2O3S2. The van der Waals surface area contributed by atoms with Crippen molar-refractivity contribution in [3.63, 3.8) is 0 Å². The van der Waals surface area contributed by atoms with Gasteiger partial charge in [0, 0.05) is 12.3 Å². The molecule has 0 unspecified atom stereocenters. The lowest BCUT2D eigenvalue weighted by Crippen LogP contribution is -2.36. The highest BCUT2D eigenvalue weighted by Crippen LogP contribution is 2.40. The Bertz CT molecular complexity index is 856. The summed E-state index contributed by atoms with van der Waals surface area (Å²) in [6.45, 7) is 1.99. The van der Waals surface area contributed by atoms with Crippen molar-refractivity contribution >= 4 is 42.4 Å². The van der Waals surface area contributed by atoms with Crippen LogP contribution in [0.5, 0.6) is 0 Å². The summed E-state index contributed by atoms with van der Waals surface area (Å²) in [5, 5.41) is 0.633. The van der Waals surface area contributed by atoms with Crippen molar-refractivity contribution in [3.8, 4) is 0 Å². The van der Waals surface area contributed by atoms with E-state index < -0.39 is 9.84 Å². The Labute approximate surface area is 126 Å². The van der Waals surface area contributed by atoms with Gasteiger partial charge in [-0.15, -0.1) is 0 Å². The van der Waals surface area contributed by atoms with Gasteiger partial charge in [-0.05, 0) is 18.6 Å². The summed E-state index contributed by atoms with van der Waals surface area (Å²) in [4.78, 5) is 18.5. The van der Waals surface area contributed by atoms with E-state index in [2.05, 4.69) is 4.98 Å². The summed E-state index contributed by atoms with van der Waals surface area (Å²) in [5.41, 5.74) is 1.96. The smallest absolute Gasteiger partial charge is 0.229 e. The molecule has 2 saturated heterocycles. The Morgan fingerprint density at radius 2 is 2.14 bits per heavy atom. The first-order valence-corrected chi connectivity index (χ1v) is 9.47. The largest absolute Gasteiger partial charge is 0.284 e. The lowest BCUT2D eigenvalue weighted by Gasteiger charge is -2.19. The van der Waals surface area contributed by atoms with Crippen molar-refractivity contribution in [1.29, 1.82) is 0 Å². The topological polar surface area (TPSA) is 67.3 Å². The number of nitrogens with zero attached hydrogens (tertiary/aromatic N) is 2. The van der Waals surface area contributed by atoms with Crippen LogP contribution < -0.4 is 4.90 Å². The Morgan fingerprint density at radius 3 is 2.90 bits per heavy atom. The number of benzene rings is 1.